The number of rotatable bonds is 11. The smallest absolute Gasteiger partial charge is 0.410 e. The number of nitrogens with two attached hydrogens (primary N) is 1. The van der Waals surface area contributed by atoms with Crippen molar-refractivity contribution in [3.8, 4) is 11.3 Å². The molecule has 14 atom stereocenters. The number of aromatic nitrogens is 3. The Morgan fingerprint density at radius 1 is 1.02 bits per heavy atom. The van der Waals surface area contributed by atoms with Gasteiger partial charge in [-0.05, 0) is 86.0 Å². The van der Waals surface area contributed by atoms with Crippen LogP contribution in [0, 0.1) is 29.6 Å². The van der Waals surface area contributed by atoms with Gasteiger partial charge >= 0.3 is 12.1 Å². The number of fused-ring (bicyclic) bond motifs is 1. The number of cyclic esters (lactones) is 1. The number of ether oxygens (including phenoxy) is 5. The number of Topliss-reactive ketones (excluding diaryl/α,β-unsaturated/α-hetero) is 1. The Kier molecular flexibility index (Phi) is 14.9. The fourth-order valence-electron chi connectivity index (χ4n) is 9.98. The lowest BCUT2D eigenvalue weighted by Gasteiger charge is -2.48. The van der Waals surface area contributed by atoms with E-state index in [2.05, 4.69) is 22.1 Å². The average Bonchev–Trinajstić information content (AvgIpc) is 3.77. The quantitative estimate of drug-likeness (QED) is 0.163. The van der Waals surface area contributed by atoms with Crippen molar-refractivity contribution in [1.82, 2.24) is 24.8 Å². The summed E-state index contributed by atoms with van der Waals surface area (Å²) < 4.78 is 33.8. The molecule has 3 fully saturated rings. The molecule has 0 unspecified atom stereocenters. The number of hydrogen-bond acceptors (Lipinski definition) is 13. The van der Waals surface area contributed by atoms with Crippen molar-refractivity contribution in [2.75, 3.05) is 33.5 Å². The Balaban J connectivity index is 1.43. The fraction of sp³-hybridized carbons (Fsp3) is 0.750. The van der Waals surface area contributed by atoms with Crippen molar-refractivity contribution in [2.45, 2.75) is 155 Å². The third-order valence-corrected chi connectivity index (χ3v) is 13.5. The zero-order valence-electron chi connectivity index (χ0n) is 37.3. The van der Waals surface area contributed by atoms with Crippen molar-refractivity contribution in [3.05, 3.63) is 30.5 Å². The van der Waals surface area contributed by atoms with Gasteiger partial charge in [-0.1, -0.05) is 52.0 Å². The first-order valence-electron chi connectivity index (χ1n) is 21.5. The summed E-state index contributed by atoms with van der Waals surface area (Å²) in [5.74, 6) is -3.66. The minimum atomic E-state index is -1.36. The molecular weight excluding hydrogens is 757 g/mol. The molecular formula is C44H70N6O9. The maximum Gasteiger partial charge on any atom is 0.410 e. The van der Waals surface area contributed by atoms with Crippen LogP contribution in [0.1, 0.15) is 94.4 Å². The van der Waals surface area contributed by atoms with E-state index in [9.17, 15) is 19.5 Å². The number of carbonyl (C=O) groups is 3. The van der Waals surface area contributed by atoms with Crippen LogP contribution in [0.2, 0.25) is 0 Å². The van der Waals surface area contributed by atoms with Gasteiger partial charge in [0.25, 0.3) is 0 Å². The van der Waals surface area contributed by atoms with Gasteiger partial charge in [0.15, 0.2) is 11.9 Å². The van der Waals surface area contributed by atoms with Crippen LogP contribution in [-0.4, -0.2) is 129 Å². The van der Waals surface area contributed by atoms with Crippen molar-refractivity contribution >= 4 is 23.5 Å². The highest BCUT2D eigenvalue weighted by Crippen LogP contribution is 2.44. The highest BCUT2D eigenvalue weighted by atomic mass is 16.7. The molecule has 15 nitrogen and oxygen atoms in total. The standard InChI is InChI=1S/C44H70N6O9/c1-13-35-44(9)38(50(42(54)59-44)20-15-14-19-49-24-33(46-47-49)31-17-16-18-32(45)22-31)28(5)36(51)25(2)23-43(8,55-12)39(29(6)37(52)30(7)40(53)57-35)58-41-27(4)34(48(10)11)21-26(3)56-41/h16-18,22,24-30,34-35,37-39,41,52H,13-15,19-21,23,45H2,1-12H3/t25-,26-,27+,28+,29+,30-,34+,35-,37+,38+,39-,41+,43+,44-/m1/s1. The number of aryl methyl sites for hydroxylation is 1. The first-order valence-corrected chi connectivity index (χ1v) is 21.5. The van der Waals surface area contributed by atoms with Gasteiger partial charge in [-0.2, -0.15) is 0 Å². The van der Waals surface area contributed by atoms with E-state index < -0.39 is 77.6 Å². The van der Waals surface area contributed by atoms with Crippen molar-refractivity contribution in [1.29, 1.82) is 0 Å². The molecule has 15 heteroatoms. The van der Waals surface area contributed by atoms with E-state index in [0.29, 0.717) is 43.7 Å². The van der Waals surface area contributed by atoms with Crippen molar-refractivity contribution in [3.63, 3.8) is 0 Å². The molecule has 0 bridgehead atoms. The normalized spacial score (nSPS) is 37.5. The van der Waals surface area contributed by atoms with Crippen molar-refractivity contribution in [2.24, 2.45) is 29.6 Å². The third kappa shape index (κ3) is 9.80. The molecule has 1 aromatic heterocycles. The summed E-state index contributed by atoms with van der Waals surface area (Å²) in [6.45, 7) is 17.7. The number of nitrogen functional groups attached to an aromatic ring is 1. The number of ketones is 1. The number of methoxy groups -OCH3 is 1. The van der Waals surface area contributed by atoms with Crippen LogP contribution >= 0.6 is 0 Å². The molecule has 4 heterocycles. The number of aliphatic hydroxyl groups excluding tert-OH is 1. The Morgan fingerprint density at radius 3 is 2.36 bits per heavy atom. The van der Waals surface area contributed by atoms with Crippen LogP contribution in [0.4, 0.5) is 10.5 Å². The molecule has 3 aliphatic rings. The van der Waals surface area contributed by atoms with Crippen LogP contribution in [0.15, 0.2) is 30.5 Å². The molecule has 0 aliphatic carbocycles. The second kappa shape index (κ2) is 19.0. The van der Waals surface area contributed by atoms with Crippen LogP contribution in [-0.2, 0) is 39.8 Å². The van der Waals surface area contributed by atoms with Gasteiger partial charge in [0.05, 0.1) is 42.1 Å². The molecule has 1 aromatic carbocycles. The van der Waals surface area contributed by atoms with Crippen LogP contribution in [0.25, 0.3) is 11.3 Å². The molecule has 1 amide bonds. The van der Waals surface area contributed by atoms with E-state index in [4.69, 9.17) is 29.4 Å². The van der Waals surface area contributed by atoms with Gasteiger partial charge in [-0.3, -0.25) is 14.3 Å². The Hall–Kier alpha value is -3.63. The van der Waals surface area contributed by atoms with E-state index in [-0.39, 0.29) is 30.3 Å². The summed E-state index contributed by atoms with van der Waals surface area (Å²) in [6.07, 6.45) is 0.297. The first kappa shape index (κ1) is 46.4. The summed E-state index contributed by atoms with van der Waals surface area (Å²) in [6, 6.07) is 6.89. The minimum absolute atomic E-state index is 0.0297. The molecule has 3 aliphatic heterocycles. The Bertz CT molecular complexity index is 1760. The van der Waals surface area contributed by atoms with Gasteiger partial charge in [0.1, 0.15) is 17.6 Å². The summed E-state index contributed by atoms with van der Waals surface area (Å²) in [5, 5.41) is 20.6. The number of hydrogen-bond donors (Lipinski definition) is 2. The summed E-state index contributed by atoms with van der Waals surface area (Å²) in [4.78, 5) is 46.5. The maximum absolute atomic E-state index is 14.8. The molecule has 0 radical (unpaired) electrons. The van der Waals surface area contributed by atoms with Gasteiger partial charge < -0.3 is 44.3 Å². The molecule has 2 aromatic rings. The number of esters is 1. The lowest BCUT2D eigenvalue weighted by atomic mass is 9.73. The molecule has 0 spiro atoms. The van der Waals surface area contributed by atoms with Gasteiger partial charge in [-0.15, -0.1) is 5.10 Å². The van der Waals surface area contributed by atoms with Crippen molar-refractivity contribution < 1.29 is 43.2 Å². The number of amides is 1. The number of aliphatic hydroxyl groups is 1. The highest BCUT2D eigenvalue weighted by molar-refractivity contribution is 5.85. The first-order chi connectivity index (χ1) is 27.8. The Morgan fingerprint density at radius 2 is 1.71 bits per heavy atom. The number of carbonyl (C=O) groups excluding carboxylic acids is 3. The minimum Gasteiger partial charge on any atom is -0.458 e. The molecule has 3 saturated heterocycles. The largest absolute Gasteiger partial charge is 0.458 e. The predicted molar refractivity (Wildman–Crippen MR) is 223 cm³/mol. The van der Waals surface area contributed by atoms with Crippen LogP contribution < -0.4 is 5.73 Å². The van der Waals surface area contributed by atoms with Gasteiger partial charge in [0, 0.05) is 61.2 Å². The van der Waals surface area contributed by atoms with E-state index in [1.165, 1.54) is 0 Å². The second-order valence-corrected chi connectivity index (χ2v) is 18.2. The van der Waals surface area contributed by atoms with E-state index in [1.54, 1.807) is 30.5 Å². The molecule has 3 N–H and O–H groups in total. The number of unbranched alkanes of at least 4 members (excludes halogenated alkanes) is 1. The lowest BCUT2D eigenvalue weighted by Crippen LogP contribution is -2.59. The zero-order chi connectivity index (χ0) is 43.6. The highest BCUT2D eigenvalue weighted by Gasteiger charge is 2.60. The summed E-state index contributed by atoms with van der Waals surface area (Å²) >= 11 is 0. The molecule has 5 rings (SSSR count). The maximum atomic E-state index is 14.8. The Labute approximate surface area is 350 Å². The number of nitrogens with zero attached hydrogens (tertiary/aromatic N) is 5. The second-order valence-electron chi connectivity index (χ2n) is 18.2. The van der Waals surface area contributed by atoms with E-state index >= 15 is 0 Å². The number of benzene rings is 1. The number of anilines is 1. The summed E-state index contributed by atoms with van der Waals surface area (Å²) in [7, 11) is 5.67. The predicted octanol–water partition coefficient (Wildman–Crippen LogP) is 5.58. The zero-order valence-corrected chi connectivity index (χ0v) is 37.3. The fourth-order valence-corrected chi connectivity index (χ4v) is 9.98. The van der Waals surface area contributed by atoms with E-state index in [0.717, 1.165) is 12.0 Å². The lowest BCUT2D eigenvalue weighted by molar-refractivity contribution is -0.287. The van der Waals surface area contributed by atoms with E-state index in [1.807, 2.05) is 86.1 Å². The SMILES string of the molecule is CC[C@H]1OC(=O)[C@H](C)[C@@H](O)[C@H](C)[C@@H](O[C@@H]2O[C@H](C)C[C@H](N(C)C)[C@@H]2C)[C@@](C)(OC)C[C@@H](C)C(=O)[C@H](C)[C@@H]2N(CCCCn3cc(-c4cccc(N)c4)nn3)C(=O)O[C@@]21C. The van der Waals surface area contributed by atoms with Gasteiger partial charge in [-0.25, -0.2) is 4.79 Å². The molecule has 0 saturated carbocycles. The molecule has 59 heavy (non-hydrogen) atoms. The van der Waals surface area contributed by atoms with Crippen LogP contribution in [0.5, 0.6) is 0 Å². The monoisotopic (exact) mass is 827 g/mol. The topological polar surface area (TPSA) is 181 Å². The molecule has 330 valence electrons. The van der Waals surface area contributed by atoms with Crippen LogP contribution in [0.3, 0.4) is 0 Å². The summed E-state index contributed by atoms with van der Waals surface area (Å²) in [5.41, 5.74) is 5.72. The van der Waals surface area contributed by atoms with Gasteiger partial charge in [0.2, 0.25) is 0 Å². The third-order valence-electron chi connectivity index (χ3n) is 13.5. The average molecular weight is 827 g/mol.